The second-order valence-electron chi connectivity index (χ2n) is 26.1. The molecule has 0 radical (unpaired) electrons. The SMILES string of the molecule is C.COCOc1ccc(O)cc1.COCOc1ccc(OCc2ccc(OC)cn2)cc1.COc1ccc(CCl)nc1.COc1ccc(COc2ccc(O)c(N)c2)nc1.COc1ccc(COc2ccc(O)c(NC(=O)c3cnn(C)c3)c2)nc1.COc1ccc(COc2ccc(O)c([N+](=O)[O-])c2)nc1.COc1ccc(COc2ccc(O)cc2)nc1.Cn1cc(C(=O)Cl)cn1. The van der Waals surface area contributed by atoms with Crippen LogP contribution in [0.1, 0.15) is 62.3 Å². The molecule has 0 aliphatic heterocycles. The predicted octanol–water partition coefficient (Wildman–Crippen LogP) is 16.3. The van der Waals surface area contributed by atoms with Crippen LogP contribution in [0.3, 0.4) is 0 Å². The van der Waals surface area contributed by atoms with Crippen LogP contribution in [0, 0.1) is 10.1 Å². The molecular formula is C93H101Cl2N13O24. The highest BCUT2D eigenvalue weighted by molar-refractivity contribution is 6.67. The maximum Gasteiger partial charge on any atom is 0.314 e. The number of nitro benzene ring substituents is 1. The number of rotatable bonds is 32. The van der Waals surface area contributed by atoms with Gasteiger partial charge in [0.1, 0.15) is 131 Å². The molecule has 14 rings (SSSR count). The molecule has 696 valence electrons. The predicted molar refractivity (Wildman–Crippen MR) is 490 cm³/mol. The minimum absolute atomic E-state index is 0. The number of nitro groups is 1. The number of aryl methyl sites for hydroxylation is 2. The van der Waals surface area contributed by atoms with Gasteiger partial charge in [0.05, 0.1) is 166 Å². The Kier molecular flexibility index (Phi) is 45.6. The average Bonchev–Trinajstić information content (AvgIpc) is 1.22. The van der Waals surface area contributed by atoms with E-state index in [1.165, 1.54) is 52.1 Å². The standard InChI is InChI=1S/C18H18N4O4.C15H17NO4.C13H12N2O5.C13H14N2O3.C13H13NO3.C8H10O3.C7H8ClNO.C5H5ClN2O.CH4/c1-22-10-12(8-20-22)18(24)21-16-7-14(5-6-17(16)23)26-11-13-3-4-15(25-2)9-19-13;1-17-11-20-14-7-5-13(6-8-14)19-10-12-3-4-15(18-2)9-16-12;1-19-11-3-2-9(14-7-11)8-20-10-4-5-13(16)12(6-10)15(17)18;1-17-11-3-2-9(15-7-11)8-18-10-4-5-13(16)12(14)6-10;1-16-13-5-2-10(14-8-13)9-17-12-6-3-11(15)4-7-12;1-10-6-11-8-4-2-7(9)3-5-8;1-10-7-3-2-6(4-8)9-5-7;1-8-3-4(2-7-8)5(6)9;/h3-10,23H,11H2,1-2H3,(H,21,24);3-9H,10-11H2,1-2H3;2-7,16H,8H2,1H3;2-7,16H,8,14H2,1H3;2-8,15H,9H2,1H3;2-5,9H,6H2,1H3;2-3,5H,4H2,1H3;2-3H,1H3;1H4. The fraction of sp³-hybridized carbons (Fsp3) is 0.204. The van der Waals surface area contributed by atoms with Gasteiger partial charge in [0.15, 0.2) is 19.3 Å². The van der Waals surface area contributed by atoms with Gasteiger partial charge < -0.3 is 108 Å². The van der Waals surface area contributed by atoms with Crippen molar-refractivity contribution >= 4 is 51.4 Å². The number of ether oxygens (including phenoxy) is 15. The lowest BCUT2D eigenvalue weighted by atomic mass is 10.2. The van der Waals surface area contributed by atoms with E-state index in [1.54, 1.807) is 218 Å². The molecule has 1 amide bonds. The highest BCUT2D eigenvalue weighted by atomic mass is 35.5. The van der Waals surface area contributed by atoms with E-state index in [0.29, 0.717) is 82.8 Å². The van der Waals surface area contributed by atoms with Crippen molar-refractivity contribution in [3.8, 4) is 103 Å². The van der Waals surface area contributed by atoms with E-state index in [2.05, 4.69) is 45.4 Å². The number of nitrogen functional groups attached to an aromatic ring is 1. The van der Waals surface area contributed by atoms with Crippen LogP contribution in [0.5, 0.6) is 103 Å². The van der Waals surface area contributed by atoms with Crippen molar-refractivity contribution in [1.29, 1.82) is 0 Å². The highest BCUT2D eigenvalue weighted by Gasteiger charge is 2.16. The maximum atomic E-state index is 12.2. The zero-order chi connectivity index (χ0) is 94.7. The van der Waals surface area contributed by atoms with Gasteiger partial charge in [-0.05, 0) is 194 Å². The van der Waals surface area contributed by atoms with Crippen molar-refractivity contribution < 1.29 is 111 Å². The molecule has 0 saturated carbocycles. The van der Waals surface area contributed by atoms with Gasteiger partial charge in [0, 0.05) is 52.8 Å². The topological polar surface area (TPSA) is 468 Å². The molecule has 6 aromatic carbocycles. The van der Waals surface area contributed by atoms with Gasteiger partial charge in [-0.1, -0.05) is 7.43 Å². The third-order valence-electron chi connectivity index (χ3n) is 16.7. The van der Waals surface area contributed by atoms with E-state index in [1.807, 2.05) is 72.8 Å². The number of benzene rings is 6. The summed E-state index contributed by atoms with van der Waals surface area (Å²) in [6.45, 7) is 1.97. The lowest BCUT2D eigenvalue weighted by Crippen LogP contribution is -2.11. The number of pyridine rings is 6. The van der Waals surface area contributed by atoms with Gasteiger partial charge in [-0.15, -0.1) is 11.6 Å². The van der Waals surface area contributed by atoms with Crippen molar-refractivity contribution in [3.63, 3.8) is 0 Å². The minimum atomic E-state index is -0.673. The van der Waals surface area contributed by atoms with E-state index in [0.717, 1.165) is 57.2 Å². The normalized spacial score (nSPS) is 9.91. The van der Waals surface area contributed by atoms with Crippen LogP contribution >= 0.6 is 23.2 Å². The number of halogens is 2. The molecule has 8 aromatic heterocycles. The summed E-state index contributed by atoms with van der Waals surface area (Å²) < 4.78 is 80.7. The van der Waals surface area contributed by atoms with Crippen molar-refractivity contribution in [2.75, 3.05) is 81.5 Å². The largest absolute Gasteiger partial charge is 0.508 e. The van der Waals surface area contributed by atoms with Crippen LogP contribution in [0.15, 0.2) is 262 Å². The first-order valence-electron chi connectivity index (χ1n) is 38.7. The van der Waals surface area contributed by atoms with Crippen LogP contribution in [0.2, 0.25) is 0 Å². The molecule has 0 saturated heterocycles. The second kappa shape index (κ2) is 57.6. The number of aromatic hydroxyl groups is 5. The maximum absolute atomic E-state index is 12.2. The quantitative estimate of drug-likeness (QED) is 0.00391. The van der Waals surface area contributed by atoms with E-state index < -0.39 is 21.6 Å². The summed E-state index contributed by atoms with van der Waals surface area (Å²) >= 11 is 10.6. The Labute approximate surface area is 771 Å². The van der Waals surface area contributed by atoms with Gasteiger partial charge in [-0.3, -0.25) is 59.0 Å². The fourth-order valence-electron chi connectivity index (χ4n) is 9.78. The molecule has 0 spiro atoms. The number of carbonyl (C=O) groups excluding carboxylic acids is 2. The van der Waals surface area contributed by atoms with Gasteiger partial charge in [0.2, 0.25) is 0 Å². The van der Waals surface area contributed by atoms with Crippen LogP contribution in [-0.4, -0.2) is 162 Å². The van der Waals surface area contributed by atoms with E-state index >= 15 is 0 Å². The Morgan fingerprint density at radius 1 is 0.379 bits per heavy atom. The van der Waals surface area contributed by atoms with Crippen molar-refractivity contribution in [2.45, 2.75) is 46.3 Å². The third kappa shape index (κ3) is 38.6. The number of aromatic nitrogens is 10. The number of nitrogens with two attached hydrogens (primary N) is 1. The number of phenolic OH excluding ortho intramolecular Hbond substituents is 5. The molecule has 0 bridgehead atoms. The summed E-state index contributed by atoms with van der Waals surface area (Å²) in [5.41, 5.74) is 11.2. The van der Waals surface area contributed by atoms with Crippen LogP contribution in [-0.2, 0) is 62.5 Å². The smallest absolute Gasteiger partial charge is 0.314 e. The summed E-state index contributed by atoms with van der Waals surface area (Å²) in [6, 6.07) is 55.3. The van der Waals surface area contributed by atoms with Crippen molar-refractivity contribution in [1.82, 2.24) is 49.5 Å². The molecular weight excluding hydrogens is 1750 g/mol. The van der Waals surface area contributed by atoms with E-state index in [4.69, 9.17) is 110 Å². The van der Waals surface area contributed by atoms with E-state index in [9.17, 15) is 35.0 Å². The molecule has 0 fully saturated rings. The molecule has 132 heavy (non-hydrogen) atoms. The number of carbonyl (C=O) groups is 2. The summed E-state index contributed by atoms with van der Waals surface area (Å²) in [7, 11) is 16.1. The number of anilines is 2. The number of nitrogens with one attached hydrogen (secondary N) is 1. The number of phenols is 5. The van der Waals surface area contributed by atoms with Crippen LogP contribution in [0.25, 0.3) is 0 Å². The van der Waals surface area contributed by atoms with Crippen LogP contribution in [0.4, 0.5) is 17.1 Å². The molecule has 8 N–H and O–H groups in total. The van der Waals surface area contributed by atoms with E-state index in [-0.39, 0.29) is 80.3 Å². The lowest BCUT2D eigenvalue weighted by Gasteiger charge is -2.10. The lowest BCUT2D eigenvalue weighted by molar-refractivity contribution is -0.385. The Balaban J connectivity index is 0.000000236. The Morgan fingerprint density at radius 2 is 0.667 bits per heavy atom. The Bertz CT molecular complexity index is 5670. The molecule has 0 unspecified atom stereocenters. The summed E-state index contributed by atoms with van der Waals surface area (Å²) in [5.74, 6) is 8.56. The van der Waals surface area contributed by atoms with Crippen LogP contribution < -0.4 is 72.6 Å². The molecule has 39 heteroatoms. The molecule has 0 aliphatic carbocycles. The monoisotopic (exact) mass is 1850 g/mol. The van der Waals surface area contributed by atoms with Gasteiger partial charge >= 0.3 is 5.69 Å². The summed E-state index contributed by atoms with van der Waals surface area (Å²) in [6.07, 6.45) is 15.8. The third-order valence-corrected chi connectivity index (χ3v) is 17.2. The molecule has 14 aromatic rings. The van der Waals surface area contributed by atoms with Gasteiger partial charge in [0.25, 0.3) is 11.1 Å². The highest BCUT2D eigenvalue weighted by Crippen LogP contribution is 2.33. The second-order valence-corrected chi connectivity index (χ2v) is 26.7. The number of amides is 1. The first kappa shape index (κ1) is 105. The van der Waals surface area contributed by atoms with Gasteiger partial charge in [-0.25, -0.2) is 0 Å². The number of hydrogen-bond acceptors (Lipinski definition) is 33. The number of alkyl halides is 1. The van der Waals surface area contributed by atoms with Crippen molar-refractivity contribution in [2.24, 2.45) is 14.1 Å². The minimum Gasteiger partial charge on any atom is -0.508 e. The first-order valence-corrected chi connectivity index (χ1v) is 39.7. The Hall–Kier alpha value is -16.1. The van der Waals surface area contributed by atoms with Gasteiger partial charge in [-0.2, -0.15) is 10.2 Å². The zero-order valence-electron chi connectivity index (χ0n) is 72.7. The van der Waals surface area contributed by atoms with Crippen molar-refractivity contribution in [3.05, 3.63) is 318 Å². The first-order chi connectivity index (χ1) is 63.3. The Morgan fingerprint density at radius 3 is 0.955 bits per heavy atom. The number of methoxy groups -OCH3 is 8. The molecule has 37 nitrogen and oxygen atoms in total. The zero-order valence-corrected chi connectivity index (χ0v) is 74.2. The number of hydrogen-bond donors (Lipinski definition) is 7. The fourth-order valence-corrected chi connectivity index (χ4v) is 10.0. The summed E-state index contributed by atoms with van der Waals surface area (Å²) in [4.78, 5) is 57.5. The molecule has 8 heterocycles. The molecule has 0 atom stereocenters. The number of nitrogens with zero attached hydrogens (tertiary/aromatic N) is 11. The summed E-state index contributed by atoms with van der Waals surface area (Å²) in [5, 5.41) is 67.1. The molecule has 0 aliphatic rings. The average molecular weight is 1860 g/mol.